The van der Waals surface area contributed by atoms with E-state index in [2.05, 4.69) is 43.4 Å². The molecule has 22 heavy (non-hydrogen) atoms. The third kappa shape index (κ3) is 3.03. The van der Waals surface area contributed by atoms with Gasteiger partial charge in [0.25, 0.3) is 0 Å². The van der Waals surface area contributed by atoms with Crippen LogP contribution in [0.4, 0.5) is 11.5 Å². The molecule has 0 aliphatic carbocycles. The molecular weight excluding hydrogens is 272 g/mol. The lowest BCUT2D eigenvalue weighted by Gasteiger charge is -2.11. The van der Waals surface area contributed by atoms with Crippen molar-refractivity contribution in [3.63, 3.8) is 0 Å². The molecule has 0 unspecified atom stereocenters. The molecular formula is C19H20N2O. The molecule has 0 spiro atoms. The summed E-state index contributed by atoms with van der Waals surface area (Å²) >= 11 is 0. The van der Waals surface area contributed by atoms with Crippen LogP contribution in [0.2, 0.25) is 0 Å². The van der Waals surface area contributed by atoms with Gasteiger partial charge in [0.1, 0.15) is 11.6 Å². The SMILES string of the molecule is CCOc1ccc(Nc2nc3cc(C)ccc3cc2C)cc1. The first-order valence-electron chi connectivity index (χ1n) is 7.53. The second-order valence-electron chi connectivity index (χ2n) is 5.43. The standard InChI is InChI=1S/C19H20N2O/c1-4-22-17-9-7-16(8-10-17)20-19-14(3)12-15-6-5-13(2)11-18(15)21-19/h5-12H,4H2,1-3H3,(H,20,21). The minimum absolute atomic E-state index is 0.678. The molecule has 0 saturated heterocycles. The van der Waals surface area contributed by atoms with Gasteiger partial charge < -0.3 is 10.1 Å². The second kappa shape index (κ2) is 6.06. The molecule has 0 aliphatic heterocycles. The summed E-state index contributed by atoms with van der Waals surface area (Å²) in [6.45, 7) is 6.82. The number of nitrogens with zero attached hydrogens (tertiary/aromatic N) is 1. The number of hydrogen-bond acceptors (Lipinski definition) is 3. The molecule has 3 heteroatoms. The Hall–Kier alpha value is -2.55. The first kappa shape index (κ1) is 14.4. The Morgan fingerprint density at radius 2 is 1.77 bits per heavy atom. The minimum atomic E-state index is 0.678. The van der Waals surface area contributed by atoms with Crippen LogP contribution in [0.5, 0.6) is 5.75 Å². The molecule has 2 aromatic carbocycles. The third-order valence-electron chi connectivity index (χ3n) is 3.59. The highest BCUT2D eigenvalue weighted by atomic mass is 16.5. The Labute approximate surface area is 131 Å². The minimum Gasteiger partial charge on any atom is -0.494 e. The van der Waals surface area contributed by atoms with Gasteiger partial charge in [-0.05, 0) is 68.3 Å². The van der Waals surface area contributed by atoms with E-state index in [-0.39, 0.29) is 0 Å². The van der Waals surface area contributed by atoms with Crippen molar-refractivity contribution in [2.45, 2.75) is 20.8 Å². The largest absolute Gasteiger partial charge is 0.494 e. The van der Waals surface area contributed by atoms with Crippen LogP contribution in [0.25, 0.3) is 10.9 Å². The molecule has 0 saturated carbocycles. The number of rotatable bonds is 4. The zero-order chi connectivity index (χ0) is 15.5. The third-order valence-corrected chi connectivity index (χ3v) is 3.59. The van der Waals surface area contributed by atoms with E-state index in [0.717, 1.165) is 28.3 Å². The van der Waals surface area contributed by atoms with Crippen molar-refractivity contribution >= 4 is 22.4 Å². The summed E-state index contributed by atoms with van der Waals surface area (Å²) in [6.07, 6.45) is 0. The topological polar surface area (TPSA) is 34.1 Å². The zero-order valence-electron chi connectivity index (χ0n) is 13.2. The number of hydrogen-bond donors (Lipinski definition) is 1. The first-order valence-corrected chi connectivity index (χ1v) is 7.53. The average Bonchev–Trinajstić information content (AvgIpc) is 2.51. The van der Waals surface area contributed by atoms with Gasteiger partial charge in [-0.1, -0.05) is 12.1 Å². The van der Waals surface area contributed by atoms with Crippen LogP contribution < -0.4 is 10.1 Å². The fourth-order valence-corrected chi connectivity index (χ4v) is 2.45. The lowest BCUT2D eigenvalue weighted by atomic mass is 10.1. The number of pyridine rings is 1. The molecule has 3 aromatic rings. The van der Waals surface area contributed by atoms with Gasteiger partial charge in [0.15, 0.2) is 0 Å². The maximum absolute atomic E-state index is 5.46. The molecule has 0 bridgehead atoms. The summed E-state index contributed by atoms with van der Waals surface area (Å²) in [7, 11) is 0. The van der Waals surface area contributed by atoms with Crippen LogP contribution in [0.1, 0.15) is 18.1 Å². The lowest BCUT2D eigenvalue weighted by molar-refractivity contribution is 0.340. The summed E-state index contributed by atoms with van der Waals surface area (Å²) in [4.78, 5) is 4.75. The van der Waals surface area contributed by atoms with Crippen molar-refractivity contribution in [3.8, 4) is 5.75 Å². The number of ether oxygens (including phenoxy) is 1. The van der Waals surface area contributed by atoms with Crippen LogP contribution in [0.15, 0.2) is 48.5 Å². The molecule has 0 aliphatic rings. The number of nitrogens with one attached hydrogen (secondary N) is 1. The normalized spacial score (nSPS) is 10.7. The number of aryl methyl sites for hydroxylation is 2. The van der Waals surface area contributed by atoms with Crippen molar-refractivity contribution in [2.75, 3.05) is 11.9 Å². The fourth-order valence-electron chi connectivity index (χ4n) is 2.45. The van der Waals surface area contributed by atoms with E-state index in [4.69, 9.17) is 9.72 Å². The number of aromatic nitrogens is 1. The van der Waals surface area contributed by atoms with Crippen molar-refractivity contribution in [2.24, 2.45) is 0 Å². The molecule has 0 fully saturated rings. The molecule has 0 amide bonds. The second-order valence-corrected chi connectivity index (χ2v) is 5.43. The van der Waals surface area contributed by atoms with Crippen LogP contribution in [0, 0.1) is 13.8 Å². The molecule has 0 radical (unpaired) electrons. The molecule has 1 aromatic heterocycles. The Kier molecular flexibility index (Phi) is 3.96. The van der Waals surface area contributed by atoms with Gasteiger partial charge in [-0.2, -0.15) is 0 Å². The molecule has 3 nitrogen and oxygen atoms in total. The van der Waals surface area contributed by atoms with Gasteiger partial charge in [-0.25, -0.2) is 4.98 Å². The fraction of sp³-hybridized carbons (Fsp3) is 0.211. The van der Waals surface area contributed by atoms with E-state index in [9.17, 15) is 0 Å². The summed E-state index contributed by atoms with van der Waals surface area (Å²) in [5.74, 6) is 1.77. The van der Waals surface area contributed by atoms with E-state index in [1.807, 2.05) is 31.2 Å². The van der Waals surface area contributed by atoms with Gasteiger partial charge >= 0.3 is 0 Å². The van der Waals surface area contributed by atoms with E-state index >= 15 is 0 Å². The van der Waals surface area contributed by atoms with Crippen molar-refractivity contribution < 1.29 is 4.74 Å². The Morgan fingerprint density at radius 3 is 2.50 bits per heavy atom. The highest BCUT2D eigenvalue weighted by Crippen LogP contribution is 2.25. The highest BCUT2D eigenvalue weighted by Gasteiger charge is 2.04. The van der Waals surface area contributed by atoms with Crippen LogP contribution in [-0.4, -0.2) is 11.6 Å². The van der Waals surface area contributed by atoms with Gasteiger partial charge in [0.05, 0.1) is 12.1 Å². The van der Waals surface area contributed by atoms with Gasteiger partial charge in [0.2, 0.25) is 0 Å². The molecule has 0 atom stereocenters. The van der Waals surface area contributed by atoms with E-state index in [1.165, 1.54) is 10.9 Å². The van der Waals surface area contributed by atoms with E-state index < -0.39 is 0 Å². The first-order chi connectivity index (χ1) is 10.7. The number of anilines is 2. The lowest BCUT2D eigenvalue weighted by Crippen LogP contribution is -1.98. The van der Waals surface area contributed by atoms with Crippen molar-refractivity contribution in [1.29, 1.82) is 0 Å². The molecule has 1 heterocycles. The predicted octanol–water partition coefficient (Wildman–Crippen LogP) is 4.99. The van der Waals surface area contributed by atoms with Gasteiger partial charge in [-0.15, -0.1) is 0 Å². The van der Waals surface area contributed by atoms with Crippen LogP contribution in [0.3, 0.4) is 0 Å². The Morgan fingerprint density at radius 1 is 1.00 bits per heavy atom. The average molecular weight is 292 g/mol. The predicted molar refractivity (Wildman–Crippen MR) is 92.1 cm³/mol. The van der Waals surface area contributed by atoms with E-state index in [0.29, 0.717) is 6.61 Å². The highest BCUT2D eigenvalue weighted by molar-refractivity contribution is 5.83. The van der Waals surface area contributed by atoms with Crippen molar-refractivity contribution in [1.82, 2.24) is 4.98 Å². The number of fused-ring (bicyclic) bond motifs is 1. The molecule has 112 valence electrons. The maximum atomic E-state index is 5.46. The summed E-state index contributed by atoms with van der Waals surface area (Å²) in [6, 6.07) is 16.4. The molecule has 3 rings (SSSR count). The Balaban J connectivity index is 1.90. The summed E-state index contributed by atoms with van der Waals surface area (Å²) < 4.78 is 5.46. The van der Waals surface area contributed by atoms with Gasteiger partial charge in [-0.3, -0.25) is 0 Å². The summed E-state index contributed by atoms with van der Waals surface area (Å²) in [5.41, 5.74) is 4.37. The Bertz CT molecular complexity index is 794. The van der Waals surface area contributed by atoms with Gasteiger partial charge in [0, 0.05) is 11.1 Å². The monoisotopic (exact) mass is 292 g/mol. The maximum Gasteiger partial charge on any atom is 0.134 e. The zero-order valence-corrected chi connectivity index (χ0v) is 13.2. The van der Waals surface area contributed by atoms with Crippen LogP contribution in [-0.2, 0) is 0 Å². The van der Waals surface area contributed by atoms with E-state index in [1.54, 1.807) is 0 Å². The number of benzene rings is 2. The smallest absolute Gasteiger partial charge is 0.134 e. The summed E-state index contributed by atoms with van der Waals surface area (Å²) in [5, 5.41) is 4.55. The van der Waals surface area contributed by atoms with Crippen LogP contribution >= 0.6 is 0 Å². The quantitative estimate of drug-likeness (QED) is 0.735. The van der Waals surface area contributed by atoms with Crippen molar-refractivity contribution in [3.05, 3.63) is 59.7 Å². The molecule has 1 N–H and O–H groups in total.